The van der Waals surface area contributed by atoms with Crippen LogP contribution in [0.4, 0.5) is 0 Å². The minimum atomic E-state index is -1.66. The minimum Gasteiger partial charge on any atom is -0.495 e. The molecule has 1 unspecified atom stereocenters. The Morgan fingerprint density at radius 2 is 2.21 bits per heavy atom. The lowest BCUT2D eigenvalue weighted by molar-refractivity contribution is -0.419. The molecule has 1 aliphatic rings. The lowest BCUT2D eigenvalue weighted by Crippen LogP contribution is -2.09. The van der Waals surface area contributed by atoms with E-state index in [1.165, 1.54) is 25.6 Å². The van der Waals surface area contributed by atoms with Crippen molar-refractivity contribution < 1.29 is 13.9 Å². The summed E-state index contributed by atoms with van der Waals surface area (Å²) in [6, 6.07) is 0. The predicted octanol–water partition coefficient (Wildman–Crippen LogP) is 1.22. The van der Waals surface area contributed by atoms with Gasteiger partial charge in [-0.05, 0) is 12.5 Å². The number of allylic oxidation sites excluding steroid dienone is 3. The zero-order valence-corrected chi connectivity index (χ0v) is 11.7. The fourth-order valence-electron chi connectivity index (χ4n) is 1.29. The predicted molar refractivity (Wildman–Crippen MR) is 73.2 cm³/mol. The van der Waals surface area contributed by atoms with Crippen LogP contribution in [0.2, 0.25) is 0 Å². The molecule has 0 aromatic carbocycles. The molecule has 7 nitrogen and oxygen atoms in total. The normalized spacial score (nSPS) is 17.1. The molecule has 1 atom stereocenters. The SMILES string of the molecule is COC1=CC([N+](=O)[O-])=CCC=C1S(=O)/N=C\N(C)C. The zero-order valence-electron chi connectivity index (χ0n) is 10.9. The van der Waals surface area contributed by atoms with Crippen molar-refractivity contribution in [2.75, 3.05) is 21.2 Å². The topological polar surface area (TPSA) is 85.0 Å². The number of hydrogen-bond donors (Lipinski definition) is 0. The van der Waals surface area contributed by atoms with Gasteiger partial charge in [0, 0.05) is 14.1 Å². The molecule has 8 heteroatoms. The van der Waals surface area contributed by atoms with Gasteiger partial charge in [-0.25, -0.2) is 4.21 Å². The molecule has 0 saturated heterocycles. The van der Waals surface area contributed by atoms with E-state index in [1.807, 2.05) is 0 Å². The van der Waals surface area contributed by atoms with Gasteiger partial charge >= 0.3 is 0 Å². The average Bonchev–Trinajstić information content (AvgIpc) is 2.57. The van der Waals surface area contributed by atoms with Crippen LogP contribution in [0.5, 0.6) is 0 Å². The fourth-order valence-corrected chi connectivity index (χ4v) is 2.23. The van der Waals surface area contributed by atoms with E-state index in [9.17, 15) is 14.3 Å². The van der Waals surface area contributed by atoms with Gasteiger partial charge in [-0.2, -0.15) is 4.40 Å². The zero-order chi connectivity index (χ0) is 14.4. The average molecular weight is 285 g/mol. The second kappa shape index (κ2) is 6.83. The third-order valence-corrected chi connectivity index (χ3v) is 3.17. The molecule has 19 heavy (non-hydrogen) atoms. The van der Waals surface area contributed by atoms with Crippen molar-refractivity contribution in [3.8, 4) is 0 Å². The van der Waals surface area contributed by atoms with Crippen LogP contribution in [0.15, 0.2) is 39.0 Å². The van der Waals surface area contributed by atoms with E-state index in [1.54, 1.807) is 25.1 Å². The van der Waals surface area contributed by atoms with Gasteiger partial charge in [0.2, 0.25) is 0 Å². The molecule has 0 aliphatic heterocycles. The highest BCUT2D eigenvalue weighted by Gasteiger charge is 2.19. The Morgan fingerprint density at radius 1 is 1.53 bits per heavy atom. The maximum atomic E-state index is 12.0. The summed E-state index contributed by atoms with van der Waals surface area (Å²) in [7, 11) is 3.22. The first-order chi connectivity index (χ1) is 8.95. The van der Waals surface area contributed by atoms with Gasteiger partial charge in [0.25, 0.3) is 5.70 Å². The Kier molecular flexibility index (Phi) is 5.43. The summed E-state index contributed by atoms with van der Waals surface area (Å²) in [5.74, 6) is 0.190. The first kappa shape index (κ1) is 15.1. The van der Waals surface area contributed by atoms with Crippen molar-refractivity contribution in [3.05, 3.63) is 44.7 Å². The Morgan fingerprint density at radius 3 is 2.74 bits per heavy atom. The maximum absolute atomic E-state index is 12.0. The highest BCUT2D eigenvalue weighted by Crippen LogP contribution is 2.22. The van der Waals surface area contributed by atoms with Gasteiger partial charge in [0.15, 0.2) is 11.0 Å². The first-order valence-corrected chi connectivity index (χ1v) is 6.49. The summed E-state index contributed by atoms with van der Waals surface area (Å²) >= 11 is 0. The second-order valence-corrected chi connectivity index (χ2v) is 4.99. The molecule has 1 rings (SSSR count). The molecule has 0 saturated carbocycles. The second-order valence-electron chi connectivity index (χ2n) is 3.84. The third-order valence-electron chi connectivity index (χ3n) is 2.14. The van der Waals surface area contributed by atoms with Crippen LogP contribution in [0, 0.1) is 10.1 Å². The van der Waals surface area contributed by atoms with Crippen molar-refractivity contribution in [3.63, 3.8) is 0 Å². The largest absolute Gasteiger partial charge is 0.495 e. The van der Waals surface area contributed by atoms with Gasteiger partial charge in [-0.15, -0.1) is 0 Å². The number of methoxy groups -OCH3 is 1. The molecule has 0 aromatic heterocycles. The van der Waals surface area contributed by atoms with E-state index in [2.05, 4.69) is 4.40 Å². The Hall–Kier alpha value is -1.96. The lowest BCUT2D eigenvalue weighted by Gasteiger charge is -2.07. The lowest BCUT2D eigenvalue weighted by atomic mass is 10.3. The van der Waals surface area contributed by atoms with Crippen LogP contribution in [-0.4, -0.2) is 41.6 Å². The molecule has 0 spiro atoms. The van der Waals surface area contributed by atoms with Crippen LogP contribution in [0.25, 0.3) is 0 Å². The van der Waals surface area contributed by atoms with Gasteiger partial charge in [-0.1, -0.05) is 6.08 Å². The van der Waals surface area contributed by atoms with Crippen molar-refractivity contribution in [2.45, 2.75) is 6.42 Å². The van der Waals surface area contributed by atoms with Crippen LogP contribution >= 0.6 is 0 Å². The Labute approximate surface area is 113 Å². The molecule has 0 radical (unpaired) electrons. The number of ether oxygens (including phenoxy) is 1. The summed E-state index contributed by atoms with van der Waals surface area (Å²) in [6.07, 6.45) is 6.00. The number of rotatable bonds is 5. The summed E-state index contributed by atoms with van der Waals surface area (Å²) < 4.78 is 20.9. The molecule has 104 valence electrons. The van der Waals surface area contributed by atoms with Gasteiger partial charge in [0.1, 0.15) is 17.0 Å². The summed E-state index contributed by atoms with van der Waals surface area (Å²) in [4.78, 5) is 12.2. The Balaban J connectivity index is 3.03. The standard InChI is InChI=1S/C11H15N3O4S/c1-13(2)8-12-19(17)11-6-4-5-9(14(15)16)7-10(11)18-3/h5-8H,4H2,1-3H3/b12-8-. The molecular formula is C11H15N3O4S. The molecule has 0 fully saturated rings. The third kappa shape index (κ3) is 4.32. The quantitative estimate of drug-likeness (QED) is 0.328. The van der Waals surface area contributed by atoms with Gasteiger partial charge < -0.3 is 9.64 Å². The highest BCUT2D eigenvalue weighted by atomic mass is 32.2. The van der Waals surface area contributed by atoms with Crippen molar-refractivity contribution >= 4 is 17.3 Å². The smallest absolute Gasteiger partial charge is 0.269 e. The molecular weight excluding hydrogens is 270 g/mol. The van der Waals surface area contributed by atoms with E-state index in [4.69, 9.17) is 4.74 Å². The molecule has 0 N–H and O–H groups in total. The van der Waals surface area contributed by atoms with Crippen LogP contribution in [0.3, 0.4) is 0 Å². The minimum absolute atomic E-state index is 0.0864. The van der Waals surface area contributed by atoms with Crippen molar-refractivity contribution in [1.29, 1.82) is 0 Å². The summed E-state index contributed by atoms with van der Waals surface area (Å²) in [5.41, 5.74) is -0.0864. The van der Waals surface area contributed by atoms with Crippen molar-refractivity contribution in [2.24, 2.45) is 4.40 Å². The maximum Gasteiger partial charge on any atom is 0.269 e. The van der Waals surface area contributed by atoms with Crippen molar-refractivity contribution in [1.82, 2.24) is 4.90 Å². The molecule has 0 amide bonds. The molecule has 0 heterocycles. The number of nitrogens with zero attached hydrogens (tertiary/aromatic N) is 3. The Bertz CT molecular complexity index is 506. The van der Waals surface area contributed by atoms with Gasteiger partial charge in [-0.3, -0.25) is 10.1 Å². The molecule has 0 bridgehead atoms. The molecule has 1 aliphatic carbocycles. The summed E-state index contributed by atoms with van der Waals surface area (Å²) in [6.45, 7) is 0. The number of nitro groups is 1. The monoisotopic (exact) mass is 285 g/mol. The number of hydrogen-bond acceptors (Lipinski definition) is 4. The highest BCUT2D eigenvalue weighted by molar-refractivity contribution is 7.88. The summed E-state index contributed by atoms with van der Waals surface area (Å²) in [5, 5.41) is 10.8. The van der Waals surface area contributed by atoms with E-state index in [-0.39, 0.29) is 11.5 Å². The van der Waals surface area contributed by atoms with Gasteiger partial charge in [0.05, 0.1) is 18.1 Å². The van der Waals surface area contributed by atoms with Crippen LogP contribution < -0.4 is 0 Å². The first-order valence-electron chi connectivity index (χ1n) is 5.39. The fraction of sp³-hybridized carbons (Fsp3) is 0.364. The van der Waals surface area contributed by atoms with E-state index in [0.717, 1.165) is 0 Å². The molecule has 0 aromatic rings. The van der Waals surface area contributed by atoms with E-state index in [0.29, 0.717) is 11.3 Å². The van der Waals surface area contributed by atoms with Crippen LogP contribution in [0.1, 0.15) is 6.42 Å². The van der Waals surface area contributed by atoms with E-state index < -0.39 is 15.9 Å². The van der Waals surface area contributed by atoms with Crippen LogP contribution in [-0.2, 0) is 15.7 Å². The van der Waals surface area contributed by atoms with E-state index >= 15 is 0 Å².